The Morgan fingerprint density at radius 2 is 1.07 bits per heavy atom. The van der Waals surface area contributed by atoms with Gasteiger partial charge in [-0.2, -0.15) is 0 Å². The van der Waals surface area contributed by atoms with Gasteiger partial charge in [0.2, 0.25) is 0 Å². The minimum atomic E-state index is -1.31. The molecule has 6 rings (SSSR count). The molecule has 14 nitrogen and oxygen atoms in total. The van der Waals surface area contributed by atoms with E-state index < -0.39 is 72.2 Å². The highest BCUT2D eigenvalue weighted by molar-refractivity contribution is 8.00. The molecule has 2 aromatic rings. The van der Waals surface area contributed by atoms with Gasteiger partial charge in [-0.05, 0) is 11.1 Å². The van der Waals surface area contributed by atoms with Gasteiger partial charge in [-0.1, -0.05) is 82.7 Å². The number of hydrogen-bond donors (Lipinski definition) is 2. The lowest BCUT2D eigenvalue weighted by atomic mass is 9.96. The van der Waals surface area contributed by atoms with Gasteiger partial charge >= 0.3 is 0 Å². The SMILES string of the molecule is [N-]=[N+]=NC1C2OC(c3ccccc3)OC[C@H]2OC(S[C@@H]2OC3COC(c4ccccc4)O[C@@H]3[C@H](N=[N+]=[N-])C2O)[C@@H]1O. The van der Waals surface area contributed by atoms with Crippen LogP contribution >= 0.6 is 11.8 Å². The zero-order chi connectivity index (χ0) is 28.3. The van der Waals surface area contributed by atoms with Crippen LogP contribution in [0.4, 0.5) is 0 Å². The van der Waals surface area contributed by atoms with E-state index in [1.165, 1.54) is 0 Å². The van der Waals surface area contributed by atoms with Gasteiger partial charge in [-0.15, -0.1) is 0 Å². The van der Waals surface area contributed by atoms with E-state index in [1.807, 2.05) is 60.7 Å². The highest BCUT2D eigenvalue weighted by Crippen LogP contribution is 2.43. The van der Waals surface area contributed by atoms with Crippen LogP contribution in [0.3, 0.4) is 0 Å². The lowest BCUT2D eigenvalue weighted by Crippen LogP contribution is -2.63. The van der Waals surface area contributed by atoms with Crippen LogP contribution in [0.1, 0.15) is 23.7 Å². The third kappa shape index (κ3) is 5.75. The summed E-state index contributed by atoms with van der Waals surface area (Å²) >= 11 is 0.989. The van der Waals surface area contributed by atoms with Crippen LogP contribution in [-0.2, 0) is 28.4 Å². The molecule has 0 spiro atoms. The number of nitrogens with zero attached hydrogens (tertiary/aromatic N) is 6. The summed E-state index contributed by atoms with van der Waals surface area (Å²) < 4.78 is 36.2. The predicted octanol–water partition coefficient (Wildman–Crippen LogP) is 3.48. The number of fused-ring (bicyclic) bond motifs is 2. The van der Waals surface area contributed by atoms with E-state index in [0.29, 0.717) is 0 Å². The lowest BCUT2D eigenvalue weighted by Gasteiger charge is -2.50. The summed E-state index contributed by atoms with van der Waals surface area (Å²) in [6.07, 6.45) is -6.93. The monoisotopic (exact) mass is 584 g/mol. The Labute approximate surface area is 238 Å². The molecule has 4 fully saturated rings. The average Bonchev–Trinajstić information content (AvgIpc) is 3.01. The summed E-state index contributed by atoms with van der Waals surface area (Å²) in [6, 6.07) is 16.6. The second kappa shape index (κ2) is 12.5. The summed E-state index contributed by atoms with van der Waals surface area (Å²) in [6.45, 7) is 0.238. The minimum absolute atomic E-state index is 0.119. The van der Waals surface area contributed by atoms with Crippen LogP contribution in [0.2, 0.25) is 0 Å². The molecule has 7 unspecified atom stereocenters. The third-order valence-corrected chi connectivity index (χ3v) is 8.76. The summed E-state index contributed by atoms with van der Waals surface area (Å²) in [4.78, 5) is 5.86. The molecule has 4 aliphatic heterocycles. The van der Waals surface area contributed by atoms with E-state index in [1.54, 1.807) is 0 Å². The van der Waals surface area contributed by atoms with E-state index >= 15 is 0 Å². The van der Waals surface area contributed by atoms with Gasteiger partial charge < -0.3 is 38.6 Å². The van der Waals surface area contributed by atoms with Crippen LogP contribution < -0.4 is 0 Å². The number of rotatable bonds is 6. The standard InChI is InChI=1S/C26H28N6O8S/c27-31-29-17-19(33)25(37-15-11-35-23(39-21(15)17)13-7-3-1-4-8-13)41-26-20(34)18(30-32-28)22-16(38-26)12-36-24(40-22)14-9-5-2-6-10-14/h1-10,15-26,33-34H,11-12H2/t15-,16?,17?,18-,19-,20?,21?,22+,23?,24?,25?,26+/m1/s1. The number of aliphatic hydroxyl groups is 2. The van der Waals surface area contributed by atoms with Crippen molar-refractivity contribution in [3.05, 3.63) is 92.7 Å². The molecular weight excluding hydrogens is 556 g/mol. The Bertz CT molecular complexity index is 1190. The first kappa shape index (κ1) is 28.2. The number of thioether (sulfide) groups is 1. The Kier molecular flexibility index (Phi) is 8.63. The molecule has 0 radical (unpaired) electrons. The Morgan fingerprint density at radius 3 is 1.46 bits per heavy atom. The topological polar surface area (TPSA) is 193 Å². The second-order valence-corrected chi connectivity index (χ2v) is 11.1. The van der Waals surface area contributed by atoms with Crippen molar-refractivity contribution < 1.29 is 38.6 Å². The zero-order valence-electron chi connectivity index (χ0n) is 21.6. The van der Waals surface area contributed by atoms with Crippen molar-refractivity contribution in [1.29, 1.82) is 0 Å². The molecule has 0 aromatic heterocycles. The van der Waals surface area contributed by atoms with Gasteiger partial charge in [0.1, 0.15) is 47.5 Å². The van der Waals surface area contributed by atoms with E-state index in [9.17, 15) is 21.3 Å². The number of aliphatic hydroxyl groups excluding tert-OH is 2. The number of hydrogen-bond acceptors (Lipinski definition) is 11. The maximum Gasteiger partial charge on any atom is 0.184 e. The first-order chi connectivity index (χ1) is 20.1. The molecule has 4 heterocycles. The quantitative estimate of drug-likeness (QED) is 0.290. The predicted molar refractivity (Wildman–Crippen MR) is 143 cm³/mol. The second-order valence-electron chi connectivity index (χ2n) is 9.95. The Morgan fingerprint density at radius 1 is 0.659 bits per heavy atom. The maximum absolute atomic E-state index is 11.2. The third-order valence-electron chi connectivity index (χ3n) is 7.45. The molecule has 2 aromatic carbocycles. The minimum Gasteiger partial charge on any atom is -0.389 e. The number of benzene rings is 2. The lowest BCUT2D eigenvalue weighted by molar-refractivity contribution is -0.300. The van der Waals surface area contributed by atoms with Crippen LogP contribution in [0, 0.1) is 0 Å². The van der Waals surface area contributed by atoms with Gasteiger partial charge in [0.15, 0.2) is 12.6 Å². The molecule has 12 atom stereocenters. The number of azide groups is 2. The molecule has 4 saturated heterocycles. The summed E-state index contributed by atoms with van der Waals surface area (Å²) in [5, 5.41) is 30.1. The zero-order valence-corrected chi connectivity index (χ0v) is 22.4. The van der Waals surface area contributed by atoms with Gasteiger partial charge in [0.05, 0.1) is 25.3 Å². The normalized spacial score (nSPS) is 40.2. The molecular formula is C26H28N6O8S. The van der Waals surface area contributed by atoms with Crippen LogP contribution in [0.25, 0.3) is 20.9 Å². The highest BCUT2D eigenvalue weighted by Gasteiger charge is 2.54. The summed E-state index contributed by atoms with van der Waals surface area (Å²) in [5.74, 6) is 0. The van der Waals surface area contributed by atoms with Crippen LogP contribution in [-0.4, -0.2) is 83.0 Å². The molecule has 216 valence electrons. The van der Waals surface area contributed by atoms with Crippen molar-refractivity contribution in [2.24, 2.45) is 10.2 Å². The van der Waals surface area contributed by atoms with E-state index in [2.05, 4.69) is 20.1 Å². The summed E-state index contributed by atoms with van der Waals surface area (Å²) in [5.41, 5.74) is 18.1. The first-order valence-electron chi connectivity index (χ1n) is 13.1. The van der Waals surface area contributed by atoms with E-state index in [4.69, 9.17) is 28.4 Å². The highest BCUT2D eigenvalue weighted by atomic mass is 32.2. The van der Waals surface area contributed by atoms with Crippen molar-refractivity contribution in [3.63, 3.8) is 0 Å². The Balaban J connectivity index is 1.17. The van der Waals surface area contributed by atoms with Crippen LogP contribution in [0.15, 0.2) is 70.9 Å². The molecule has 15 heteroatoms. The van der Waals surface area contributed by atoms with Gasteiger partial charge in [-0.25, -0.2) is 0 Å². The van der Waals surface area contributed by atoms with Crippen molar-refractivity contribution in [2.45, 2.75) is 72.2 Å². The molecule has 0 bridgehead atoms. The fourth-order valence-corrected chi connectivity index (χ4v) is 6.78. The number of ether oxygens (including phenoxy) is 6. The molecule has 0 aliphatic carbocycles. The van der Waals surface area contributed by atoms with Crippen molar-refractivity contribution in [3.8, 4) is 0 Å². The van der Waals surface area contributed by atoms with Crippen molar-refractivity contribution in [2.75, 3.05) is 13.2 Å². The smallest absolute Gasteiger partial charge is 0.184 e. The summed E-state index contributed by atoms with van der Waals surface area (Å²) in [7, 11) is 0. The molecule has 41 heavy (non-hydrogen) atoms. The van der Waals surface area contributed by atoms with Gasteiger partial charge in [0.25, 0.3) is 0 Å². The van der Waals surface area contributed by atoms with Crippen molar-refractivity contribution >= 4 is 11.8 Å². The van der Waals surface area contributed by atoms with Crippen LogP contribution in [0.5, 0.6) is 0 Å². The van der Waals surface area contributed by atoms with E-state index in [-0.39, 0.29) is 13.2 Å². The largest absolute Gasteiger partial charge is 0.389 e. The Hall–Kier alpha value is -2.91. The van der Waals surface area contributed by atoms with Gasteiger partial charge in [-0.3, -0.25) is 0 Å². The fourth-order valence-electron chi connectivity index (χ4n) is 5.46. The molecule has 0 saturated carbocycles. The molecule has 4 aliphatic rings. The van der Waals surface area contributed by atoms with E-state index in [0.717, 1.165) is 22.9 Å². The molecule has 0 amide bonds. The first-order valence-corrected chi connectivity index (χ1v) is 14.1. The van der Waals surface area contributed by atoms with Gasteiger partial charge in [0, 0.05) is 21.0 Å². The van der Waals surface area contributed by atoms with Crippen molar-refractivity contribution in [1.82, 2.24) is 0 Å². The molecule has 2 N–H and O–H groups in total. The fraction of sp³-hybridized carbons (Fsp3) is 0.538. The average molecular weight is 585 g/mol. The maximum atomic E-state index is 11.2.